The molecule has 1 aliphatic rings. The van der Waals surface area contributed by atoms with Crippen molar-refractivity contribution >= 4 is 39.0 Å². The third-order valence-electron chi connectivity index (χ3n) is 11.8. The van der Waals surface area contributed by atoms with Crippen LogP contribution in [0.15, 0.2) is 229 Å². The maximum atomic E-state index is 6.63. The first-order valence-electron chi connectivity index (χ1n) is 19.6. The second kappa shape index (κ2) is 13.4. The lowest BCUT2D eigenvalue weighted by atomic mass is 9.67. The number of para-hydroxylation sites is 2. The van der Waals surface area contributed by atoms with Crippen molar-refractivity contribution in [3.8, 4) is 33.4 Å². The zero-order chi connectivity index (χ0) is 37.8. The first kappa shape index (κ1) is 33.0. The number of furan rings is 1. The Bertz CT molecular complexity index is 3000. The van der Waals surface area contributed by atoms with E-state index in [0.717, 1.165) is 39.0 Å². The van der Waals surface area contributed by atoms with Gasteiger partial charge in [0.1, 0.15) is 5.58 Å². The highest BCUT2D eigenvalue weighted by atomic mass is 16.3. The van der Waals surface area contributed by atoms with Crippen molar-refractivity contribution < 1.29 is 4.42 Å². The molecule has 9 aromatic carbocycles. The molecule has 2 heteroatoms. The molecule has 1 heterocycles. The smallest absolute Gasteiger partial charge is 0.159 e. The van der Waals surface area contributed by atoms with Gasteiger partial charge in [-0.25, -0.2) is 0 Å². The Kier molecular flexibility index (Phi) is 7.75. The molecule has 11 rings (SSSR count). The third kappa shape index (κ3) is 5.18. The molecule has 0 bridgehead atoms. The summed E-state index contributed by atoms with van der Waals surface area (Å²) in [5, 5.41) is 2.22. The molecular weight excluding hydrogens is 691 g/mol. The van der Waals surface area contributed by atoms with Gasteiger partial charge in [-0.1, -0.05) is 188 Å². The highest BCUT2D eigenvalue weighted by Crippen LogP contribution is 2.58. The maximum absolute atomic E-state index is 6.63. The van der Waals surface area contributed by atoms with Gasteiger partial charge in [-0.05, 0) is 92.0 Å². The van der Waals surface area contributed by atoms with Crippen LogP contribution >= 0.6 is 0 Å². The quantitative estimate of drug-likeness (QED) is 0.163. The second-order valence-electron chi connectivity index (χ2n) is 14.8. The van der Waals surface area contributed by atoms with E-state index < -0.39 is 5.41 Å². The molecule has 0 amide bonds. The molecule has 0 fully saturated rings. The van der Waals surface area contributed by atoms with Crippen LogP contribution in [0.2, 0.25) is 0 Å². The topological polar surface area (TPSA) is 16.4 Å². The Morgan fingerprint density at radius 3 is 1.56 bits per heavy atom. The van der Waals surface area contributed by atoms with Crippen molar-refractivity contribution in [3.05, 3.63) is 247 Å². The normalized spacial score (nSPS) is 12.7. The molecule has 57 heavy (non-hydrogen) atoms. The molecule has 0 radical (unpaired) electrons. The van der Waals surface area contributed by atoms with Gasteiger partial charge in [0.2, 0.25) is 0 Å². The maximum Gasteiger partial charge on any atom is 0.159 e. The molecule has 0 N–H and O–H groups in total. The van der Waals surface area contributed by atoms with Crippen molar-refractivity contribution in [2.24, 2.45) is 0 Å². The van der Waals surface area contributed by atoms with Crippen molar-refractivity contribution in [2.75, 3.05) is 4.90 Å². The van der Waals surface area contributed by atoms with Gasteiger partial charge >= 0.3 is 0 Å². The second-order valence-corrected chi connectivity index (χ2v) is 14.8. The molecule has 0 saturated carbocycles. The molecule has 2 nitrogen and oxygen atoms in total. The van der Waals surface area contributed by atoms with Crippen LogP contribution in [0, 0.1) is 0 Å². The Morgan fingerprint density at radius 2 is 0.860 bits per heavy atom. The van der Waals surface area contributed by atoms with Gasteiger partial charge in [0.15, 0.2) is 5.58 Å². The molecule has 1 aromatic heterocycles. The predicted molar refractivity (Wildman–Crippen MR) is 237 cm³/mol. The van der Waals surface area contributed by atoms with E-state index >= 15 is 0 Å². The van der Waals surface area contributed by atoms with E-state index in [9.17, 15) is 0 Å². The van der Waals surface area contributed by atoms with Crippen LogP contribution in [0.1, 0.15) is 22.3 Å². The van der Waals surface area contributed by atoms with Gasteiger partial charge in [0.25, 0.3) is 0 Å². The lowest BCUT2D eigenvalue weighted by Gasteiger charge is -2.34. The SMILES string of the molecule is c1ccc(-c2ccc(N(c3ccc(-c4cccc5c4-c4ccccc4C5(c4ccccc4)c4ccccc4)cc3)c3cccc4c3oc3ccccc34)cc2)cc1. The zero-order valence-corrected chi connectivity index (χ0v) is 31.2. The van der Waals surface area contributed by atoms with Crippen LogP contribution in [0.3, 0.4) is 0 Å². The summed E-state index contributed by atoms with van der Waals surface area (Å²) in [6.45, 7) is 0. The number of anilines is 3. The summed E-state index contributed by atoms with van der Waals surface area (Å²) < 4.78 is 6.63. The van der Waals surface area contributed by atoms with Crippen LogP contribution in [0.25, 0.3) is 55.3 Å². The van der Waals surface area contributed by atoms with Crippen LogP contribution in [0.5, 0.6) is 0 Å². The van der Waals surface area contributed by atoms with E-state index in [4.69, 9.17) is 4.42 Å². The molecule has 1 aliphatic carbocycles. The highest BCUT2D eigenvalue weighted by Gasteiger charge is 2.46. The van der Waals surface area contributed by atoms with Gasteiger partial charge in [0.05, 0.1) is 11.1 Å². The number of rotatable bonds is 7. The fourth-order valence-corrected chi connectivity index (χ4v) is 9.29. The van der Waals surface area contributed by atoms with E-state index in [0.29, 0.717) is 0 Å². The lowest BCUT2D eigenvalue weighted by molar-refractivity contribution is 0.669. The zero-order valence-electron chi connectivity index (χ0n) is 31.2. The van der Waals surface area contributed by atoms with Crippen molar-refractivity contribution in [3.63, 3.8) is 0 Å². The number of fused-ring (bicyclic) bond motifs is 6. The summed E-state index contributed by atoms with van der Waals surface area (Å²) in [6, 6.07) is 81.0. The third-order valence-corrected chi connectivity index (χ3v) is 11.8. The van der Waals surface area contributed by atoms with Gasteiger partial charge in [-0.15, -0.1) is 0 Å². The van der Waals surface area contributed by atoms with E-state index in [1.165, 1.54) is 55.6 Å². The number of nitrogens with zero attached hydrogens (tertiary/aromatic N) is 1. The van der Waals surface area contributed by atoms with E-state index in [-0.39, 0.29) is 0 Å². The number of hydrogen-bond donors (Lipinski definition) is 0. The Labute approximate surface area is 332 Å². The molecule has 0 unspecified atom stereocenters. The van der Waals surface area contributed by atoms with Gasteiger partial charge in [0, 0.05) is 22.1 Å². The summed E-state index contributed by atoms with van der Waals surface area (Å²) in [7, 11) is 0. The minimum Gasteiger partial charge on any atom is -0.454 e. The number of benzene rings is 9. The summed E-state index contributed by atoms with van der Waals surface area (Å²) >= 11 is 0. The minimum atomic E-state index is -0.446. The van der Waals surface area contributed by atoms with Crippen LogP contribution in [-0.4, -0.2) is 0 Å². The van der Waals surface area contributed by atoms with Crippen molar-refractivity contribution in [1.29, 1.82) is 0 Å². The van der Waals surface area contributed by atoms with Gasteiger partial charge < -0.3 is 9.32 Å². The van der Waals surface area contributed by atoms with Crippen molar-refractivity contribution in [1.82, 2.24) is 0 Å². The summed E-state index contributed by atoms with van der Waals surface area (Å²) in [5.41, 5.74) is 16.9. The summed E-state index contributed by atoms with van der Waals surface area (Å²) in [4.78, 5) is 2.32. The average Bonchev–Trinajstić information content (AvgIpc) is 3.83. The highest BCUT2D eigenvalue weighted by molar-refractivity contribution is 6.10. The Hall–Kier alpha value is -7.42. The molecule has 0 saturated heterocycles. The standard InChI is InChI=1S/C55H37NO/c1-4-16-38(17-5-1)39-30-34-43(35-31-39)56(51-28-15-25-47-46-22-11-13-29-52(46)57-54(47)51)44-36-32-40(33-37-44)45-24-14-27-50-53(45)48-23-10-12-26-49(48)55(50,41-18-6-2-7-19-41)42-20-8-3-9-21-42/h1-37H. The van der Waals surface area contributed by atoms with Gasteiger partial charge in [-0.3, -0.25) is 0 Å². The Balaban J connectivity index is 1.08. The minimum absolute atomic E-state index is 0.446. The first-order chi connectivity index (χ1) is 28.3. The predicted octanol–water partition coefficient (Wildman–Crippen LogP) is 14.8. The Morgan fingerprint density at radius 1 is 0.351 bits per heavy atom. The first-order valence-corrected chi connectivity index (χ1v) is 19.6. The molecular formula is C55H37NO. The van der Waals surface area contributed by atoms with E-state index in [1.807, 2.05) is 12.1 Å². The van der Waals surface area contributed by atoms with E-state index in [1.54, 1.807) is 0 Å². The molecule has 10 aromatic rings. The van der Waals surface area contributed by atoms with Crippen LogP contribution in [0.4, 0.5) is 17.1 Å². The van der Waals surface area contributed by atoms with E-state index in [2.05, 4.69) is 217 Å². The summed E-state index contributed by atoms with van der Waals surface area (Å²) in [6.07, 6.45) is 0. The molecule has 268 valence electrons. The fraction of sp³-hybridized carbons (Fsp3) is 0.0182. The largest absolute Gasteiger partial charge is 0.454 e. The number of hydrogen-bond acceptors (Lipinski definition) is 2. The van der Waals surface area contributed by atoms with Crippen molar-refractivity contribution in [2.45, 2.75) is 5.41 Å². The van der Waals surface area contributed by atoms with Crippen LogP contribution < -0.4 is 4.90 Å². The van der Waals surface area contributed by atoms with Gasteiger partial charge in [-0.2, -0.15) is 0 Å². The fourth-order valence-electron chi connectivity index (χ4n) is 9.29. The average molecular weight is 728 g/mol. The monoisotopic (exact) mass is 727 g/mol. The molecule has 0 spiro atoms. The summed E-state index contributed by atoms with van der Waals surface area (Å²) in [5.74, 6) is 0. The van der Waals surface area contributed by atoms with Crippen LogP contribution in [-0.2, 0) is 5.41 Å². The lowest BCUT2D eigenvalue weighted by Crippen LogP contribution is -2.28. The molecule has 0 aliphatic heterocycles. The molecule has 0 atom stereocenters.